The number of carboxylic acid groups (broad SMARTS) is 1. The molecule has 0 radical (unpaired) electrons. The quantitative estimate of drug-likeness (QED) is 0.674. The van der Waals surface area contributed by atoms with Crippen molar-refractivity contribution in [3.63, 3.8) is 0 Å². The zero-order valence-corrected chi connectivity index (χ0v) is 10.4. The summed E-state index contributed by atoms with van der Waals surface area (Å²) in [4.78, 5) is 34.6. The SMILES string of the molecule is O=C(CN1CCC[C@H]1C(=O)O)NC(=O)NCC(F)(F)F. The van der Waals surface area contributed by atoms with E-state index in [1.807, 2.05) is 0 Å². The summed E-state index contributed by atoms with van der Waals surface area (Å²) in [5, 5.41) is 12.1. The van der Waals surface area contributed by atoms with Crippen LogP contribution in [-0.2, 0) is 9.59 Å². The summed E-state index contributed by atoms with van der Waals surface area (Å²) in [6.45, 7) is -1.52. The van der Waals surface area contributed by atoms with Gasteiger partial charge in [0.05, 0.1) is 6.54 Å². The van der Waals surface area contributed by atoms with E-state index in [0.29, 0.717) is 19.4 Å². The van der Waals surface area contributed by atoms with Gasteiger partial charge in [0.15, 0.2) is 0 Å². The maximum absolute atomic E-state index is 11.8. The number of aliphatic carboxylic acids is 1. The van der Waals surface area contributed by atoms with Crippen molar-refractivity contribution in [3.05, 3.63) is 0 Å². The highest BCUT2D eigenvalue weighted by atomic mass is 19.4. The van der Waals surface area contributed by atoms with Crippen molar-refractivity contribution in [1.29, 1.82) is 0 Å². The Hall–Kier alpha value is -1.84. The Morgan fingerprint density at radius 2 is 1.95 bits per heavy atom. The number of nitrogens with zero attached hydrogens (tertiary/aromatic N) is 1. The van der Waals surface area contributed by atoms with Crippen molar-refractivity contribution in [2.45, 2.75) is 25.1 Å². The van der Waals surface area contributed by atoms with Crippen LogP contribution in [0.4, 0.5) is 18.0 Å². The van der Waals surface area contributed by atoms with Gasteiger partial charge in [-0.25, -0.2) is 4.79 Å². The van der Waals surface area contributed by atoms with E-state index in [1.54, 1.807) is 5.32 Å². The molecule has 0 aliphatic carbocycles. The molecule has 1 heterocycles. The minimum absolute atomic E-state index is 0.351. The Balaban J connectivity index is 2.36. The molecule has 7 nitrogen and oxygen atoms in total. The summed E-state index contributed by atoms with van der Waals surface area (Å²) in [7, 11) is 0. The zero-order chi connectivity index (χ0) is 15.3. The molecule has 0 aromatic carbocycles. The minimum Gasteiger partial charge on any atom is -0.480 e. The van der Waals surface area contributed by atoms with Gasteiger partial charge in [-0.05, 0) is 19.4 Å². The van der Waals surface area contributed by atoms with Crippen LogP contribution in [0.15, 0.2) is 0 Å². The number of rotatable bonds is 4. The average Bonchev–Trinajstić information content (AvgIpc) is 2.73. The van der Waals surface area contributed by atoms with Crippen LogP contribution < -0.4 is 10.6 Å². The molecule has 1 fully saturated rings. The number of carbonyl (C=O) groups is 3. The number of likely N-dealkylation sites (tertiary alicyclic amines) is 1. The van der Waals surface area contributed by atoms with E-state index in [4.69, 9.17) is 5.11 Å². The number of carbonyl (C=O) groups excluding carboxylic acids is 2. The molecular formula is C10H14F3N3O4. The summed E-state index contributed by atoms with van der Waals surface area (Å²) < 4.78 is 35.5. The van der Waals surface area contributed by atoms with E-state index in [1.165, 1.54) is 10.2 Å². The fourth-order valence-corrected chi connectivity index (χ4v) is 1.87. The van der Waals surface area contributed by atoms with E-state index >= 15 is 0 Å². The smallest absolute Gasteiger partial charge is 0.405 e. The van der Waals surface area contributed by atoms with Gasteiger partial charge in [-0.15, -0.1) is 0 Å². The second-order valence-corrected chi connectivity index (χ2v) is 4.31. The lowest BCUT2D eigenvalue weighted by Crippen LogP contribution is -2.48. The molecule has 0 unspecified atom stereocenters. The monoisotopic (exact) mass is 297 g/mol. The second kappa shape index (κ2) is 6.55. The molecule has 1 atom stereocenters. The van der Waals surface area contributed by atoms with Crippen LogP contribution in [0.2, 0.25) is 0 Å². The Bertz CT molecular complexity index is 400. The first-order chi connectivity index (χ1) is 9.19. The molecular weight excluding hydrogens is 283 g/mol. The highest BCUT2D eigenvalue weighted by molar-refractivity contribution is 5.95. The van der Waals surface area contributed by atoms with Crippen LogP contribution in [0.3, 0.4) is 0 Å². The Morgan fingerprint density at radius 3 is 2.50 bits per heavy atom. The molecule has 0 bridgehead atoms. The maximum Gasteiger partial charge on any atom is 0.405 e. The lowest BCUT2D eigenvalue weighted by Gasteiger charge is -2.20. The first-order valence-electron chi connectivity index (χ1n) is 5.80. The van der Waals surface area contributed by atoms with Crippen molar-refractivity contribution >= 4 is 17.9 Å². The molecule has 1 aliphatic rings. The van der Waals surface area contributed by atoms with Crippen molar-refractivity contribution < 1.29 is 32.7 Å². The van der Waals surface area contributed by atoms with Crippen LogP contribution in [-0.4, -0.2) is 59.8 Å². The average molecular weight is 297 g/mol. The molecule has 10 heteroatoms. The van der Waals surface area contributed by atoms with Crippen molar-refractivity contribution in [2.24, 2.45) is 0 Å². The topological polar surface area (TPSA) is 98.7 Å². The standard InChI is InChI=1S/C10H14F3N3O4/c11-10(12,13)5-14-9(20)15-7(17)4-16-3-1-2-6(16)8(18)19/h6H,1-5H2,(H,18,19)(H2,14,15,17,20)/t6-/m0/s1. The highest BCUT2D eigenvalue weighted by Crippen LogP contribution is 2.16. The molecule has 0 spiro atoms. The molecule has 114 valence electrons. The Morgan fingerprint density at radius 1 is 1.30 bits per heavy atom. The van der Waals surface area contributed by atoms with Crippen LogP contribution in [0.1, 0.15) is 12.8 Å². The summed E-state index contributed by atoms with van der Waals surface area (Å²) >= 11 is 0. The number of hydrogen-bond donors (Lipinski definition) is 3. The molecule has 3 N–H and O–H groups in total. The number of halogens is 3. The minimum atomic E-state index is -4.57. The largest absolute Gasteiger partial charge is 0.480 e. The third kappa shape index (κ3) is 5.43. The van der Waals surface area contributed by atoms with E-state index in [2.05, 4.69) is 0 Å². The van der Waals surface area contributed by atoms with Crippen LogP contribution in [0.5, 0.6) is 0 Å². The predicted octanol–water partition coefficient (Wildman–Crippen LogP) is -0.0765. The summed E-state index contributed by atoms with van der Waals surface area (Å²) in [5.41, 5.74) is 0. The van der Waals surface area contributed by atoms with Gasteiger partial charge in [0.1, 0.15) is 12.6 Å². The van der Waals surface area contributed by atoms with Gasteiger partial charge in [0, 0.05) is 0 Å². The molecule has 1 saturated heterocycles. The van der Waals surface area contributed by atoms with Crippen LogP contribution in [0.25, 0.3) is 0 Å². The van der Waals surface area contributed by atoms with Crippen molar-refractivity contribution in [3.8, 4) is 0 Å². The lowest BCUT2D eigenvalue weighted by molar-refractivity contribution is -0.142. The molecule has 0 aromatic rings. The lowest BCUT2D eigenvalue weighted by atomic mass is 10.2. The van der Waals surface area contributed by atoms with Crippen molar-refractivity contribution in [1.82, 2.24) is 15.5 Å². The number of amides is 3. The van der Waals surface area contributed by atoms with Crippen molar-refractivity contribution in [2.75, 3.05) is 19.6 Å². The predicted molar refractivity (Wildman–Crippen MR) is 59.8 cm³/mol. The number of imide groups is 1. The summed E-state index contributed by atoms with van der Waals surface area (Å²) in [6.07, 6.45) is -3.57. The molecule has 1 aliphatic heterocycles. The van der Waals surface area contributed by atoms with Gasteiger partial charge in [-0.3, -0.25) is 19.8 Å². The van der Waals surface area contributed by atoms with Gasteiger partial charge in [0.25, 0.3) is 0 Å². The molecule has 20 heavy (non-hydrogen) atoms. The molecule has 0 saturated carbocycles. The number of carboxylic acids is 1. The third-order valence-corrected chi connectivity index (χ3v) is 2.70. The Labute approximate surface area is 112 Å². The van der Waals surface area contributed by atoms with Gasteiger partial charge in [0.2, 0.25) is 5.91 Å². The normalized spacial score (nSPS) is 19.6. The van der Waals surface area contributed by atoms with Crippen LogP contribution in [0, 0.1) is 0 Å². The van der Waals surface area contributed by atoms with Crippen LogP contribution >= 0.6 is 0 Å². The fourth-order valence-electron chi connectivity index (χ4n) is 1.87. The first-order valence-corrected chi connectivity index (χ1v) is 5.80. The van der Waals surface area contributed by atoms with Gasteiger partial charge in [-0.2, -0.15) is 13.2 Å². The molecule has 1 rings (SSSR count). The number of nitrogens with one attached hydrogen (secondary N) is 2. The summed E-state index contributed by atoms with van der Waals surface area (Å²) in [5.74, 6) is -1.92. The van der Waals surface area contributed by atoms with Gasteiger partial charge < -0.3 is 10.4 Å². The first kappa shape index (κ1) is 16.2. The van der Waals surface area contributed by atoms with Gasteiger partial charge in [-0.1, -0.05) is 0 Å². The number of alkyl halides is 3. The Kier molecular flexibility index (Phi) is 5.31. The van der Waals surface area contributed by atoms with E-state index in [-0.39, 0.29) is 6.54 Å². The number of urea groups is 1. The zero-order valence-electron chi connectivity index (χ0n) is 10.4. The van der Waals surface area contributed by atoms with E-state index < -0.39 is 36.7 Å². The molecule has 3 amide bonds. The second-order valence-electron chi connectivity index (χ2n) is 4.31. The highest BCUT2D eigenvalue weighted by Gasteiger charge is 2.32. The fraction of sp³-hybridized carbons (Fsp3) is 0.700. The summed E-state index contributed by atoms with van der Waals surface area (Å²) in [6, 6.07) is -2.07. The van der Waals surface area contributed by atoms with Gasteiger partial charge >= 0.3 is 18.2 Å². The molecule has 0 aromatic heterocycles. The van der Waals surface area contributed by atoms with E-state index in [0.717, 1.165) is 0 Å². The number of hydrogen-bond acceptors (Lipinski definition) is 4. The van der Waals surface area contributed by atoms with E-state index in [9.17, 15) is 27.6 Å². The third-order valence-electron chi connectivity index (χ3n) is 2.70. The maximum atomic E-state index is 11.8.